The van der Waals surface area contributed by atoms with Crippen molar-refractivity contribution in [1.29, 1.82) is 0 Å². The highest BCUT2D eigenvalue weighted by molar-refractivity contribution is 7.89. The Morgan fingerprint density at radius 1 is 1.19 bits per heavy atom. The van der Waals surface area contributed by atoms with Crippen LogP contribution >= 0.6 is 11.3 Å². The normalized spacial score (nSPS) is 15.9. The van der Waals surface area contributed by atoms with Crippen molar-refractivity contribution >= 4 is 32.4 Å². The van der Waals surface area contributed by atoms with Crippen LogP contribution in [-0.4, -0.2) is 49.0 Å². The number of hydrogen-bond donors (Lipinski definition) is 1. The molecule has 1 aliphatic heterocycles. The SMILES string of the molecule is COc1ccc(S(=O)(=O)N2CCCCCC2)cc1C(=O)Nc1nnc(C)s1. The molecule has 3 rings (SSSR count). The summed E-state index contributed by atoms with van der Waals surface area (Å²) in [5.41, 5.74) is 0.140. The Labute approximate surface area is 162 Å². The summed E-state index contributed by atoms with van der Waals surface area (Å²) in [7, 11) is -2.23. The number of hydrogen-bond acceptors (Lipinski definition) is 7. The number of aryl methyl sites for hydroxylation is 1. The third-order valence-electron chi connectivity index (χ3n) is 4.36. The lowest BCUT2D eigenvalue weighted by molar-refractivity contribution is 0.102. The topological polar surface area (TPSA) is 101 Å². The fourth-order valence-corrected chi connectivity index (χ4v) is 5.10. The molecule has 2 aromatic rings. The summed E-state index contributed by atoms with van der Waals surface area (Å²) in [5.74, 6) is -0.195. The molecule has 0 bridgehead atoms. The number of nitrogens with one attached hydrogen (secondary N) is 1. The molecule has 8 nitrogen and oxygen atoms in total. The van der Waals surface area contributed by atoms with Crippen LogP contribution in [0.5, 0.6) is 5.75 Å². The first-order valence-corrected chi connectivity index (χ1v) is 11.0. The van der Waals surface area contributed by atoms with Crippen LogP contribution in [0.3, 0.4) is 0 Å². The van der Waals surface area contributed by atoms with E-state index in [1.807, 2.05) is 0 Å². The van der Waals surface area contributed by atoms with Gasteiger partial charge in [0.2, 0.25) is 15.2 Å². The van der Waals surface area contributed by atoms with Gasteiger partial charge in [-0.15, -0.1) is 10.2 Å². The average molecular weight is 411 g/mol. The summed E-state index contributed by atoms with van der Waals surface area (Å²) in [6, 6.07) is 4.35. The molecule has 0 unspecified atom stereocenters. The van der Waals surface area contributed by atoms with Gasteiger partial charge in [-0.2, -0.15) is 4.31 Å². The second kappa shape index (κ2) is 8.32. The molecular weight excluding hydrogens is 388 g/mol. The van der Waals surface area contributed by atoms with E-state index in [1.165, 1.54) is 41.0 Å². The lowest BCUT2D eigenvalue weighted by Gasteiger charge is -2.20. The van der Waals surface area contributed by atoms with Gasteiger partial charge in [0.1, 0.15) is 10.8 Å². The number of carbonyl (C=O) groups is 1. The van der Waals surface area contributed by atoms with Crippen LogP contribution in [-0.2, 0) is 10.0 Å². The molecule has 1 fully saturated rings. The van der Waals surface area contributed by atoms with Gasteiger partial charge in [-0.05, 0) is 38.0 Å². The van der Waals surface area contributed by atoms with E-state index in [9.17, 15) is 13.2 Å². The van der Waals surface area contributed by atoms with E-state index in [0.29, 0.717) is 24.0 Å². The number of amides is 1. The van der Waals surface area contributed by atoms with E-state index in [4.69, 9.17) is 4.74 Å². The smallest absolute Gasteiger partial charge is 0.261 e. The molecule has 146 valence electrons. The summed E-state index contributed by atoms with van der Waals surface area (Å²) >= 11 is 1.24. The standard InChI is InChI=1S/C17H22N4O4S2/c1-12-19-20-17(26-12)18-16(22)14-11-13(7-8-15(14)25-2)27(23,24)21-9-5-3-4-6-10-21/h7-8,11H,3-6,9-10H2,1-2H3,(H,18,20,22). The number of benzene rings is 1. The molecule has 1 saturated heterocycles. The van der Waals surface area contributed by atoms with Gasteiger partial charge in [0.05, 0.1) is 17.6 Å². The van der Waals surface area contributed by atoms with Gasteiger partial charge < -0.3 is 4.74 Å². The fourth-order valence-electron chi connectivity index (χ4n) is 2.97. The number of nitrogens with zero attached hydrogens (tertiary/aromatic N) is 3. The average Bonchev–Trinajstić information content (AvgIpc) is 2.89. The molecule has 2 heterocycles. The number of methoxy groups -OCH3 is 1. The zero-order valence-electron chi connectivity index (χ0n) is 15.3. The third kappa shape index (κ3) is 4.45. The van der Waals surface area contributed by atoms with Crippen LogP contribution in [0.15, 0.2) is 23.1 Å². The first-order chi connectivity index (χ1) is 12.9. The first-order valence-electron chi connectivity index (χ1n) is 8.71. The van der Waals surface area contributed by atoms with E-state index in [1.54, 1.807) is 6.92 Å². The lowest BCUT2D eigenvalue weighted by atomic mass is 10.2. The predicted molar refractivity (Wildman–Crippen MR) is 103 cm³/mol. The quantitative estimate of drug-likeness (QED) is 0.813. The van der Waals surface area contributed by atoms with Gasteiger partial charge in [0.25, 0.3) is 5.91 Å². The van der Waals surface area contributed by atoms with Crippen molar-refractivity contribution in [3.63, 3.8) is 0 Å². The second-order valence-corrected chi connectivity index (χ2v) is 9.38. The summed E-state index contributed by atoms with van der Waals surface area (Å²) in [6.07, 6.45) is 3.76. The molecular formula is C17H22N4O4S2. The van der Waals surface area contributed by atoms with Crippen LogP contribution in [0.4, 0.5) is 5.13 Å². The molecule has 27 heavy (non-hydrogen) atoms. The van der Waals surface area contributed by atoms with Crippen molar-refractivity contribution < 1.29 is 17.9 Å². The number of carbonyl (C=O) groups excluding carboxylic acids is 1. The summed E-state index contributed by atoms with van der Waals surface area (Å²) in [6.45, 7) is 2.78. The predicted octanol–water partition coefficient (Wildman–Crippen LogP) is 2.67. The van der Waals surface area contributed by atoms with Crippen LogP contribution in [0, 0.1) is 6.92 Å². The van der Waals surface area contributed by atoms with Crippen molar-refractivity contribution in [3.05, 3.63) is 28.8 Å². The van der Waals surface area contributed by atoms with Crippen LogP contribution < -0.4 is 10.1 Å². The van der Waals surface area contributed by atoms with Crippen molar-refractivity contribution in [2.24, 2.45) is 0 Å². The van der Waals surface area contributed by atoms with Crippen LogP contribution in [0.1, 0.15) is 41.0 Å². The third-order valence-corrected chi connectivity index (χ3v) is 7.01. The lowest BCUT2D eigenvalue weighted by Crippen LogP contribution is -2.32. The maximum Gasteiger partial charge on any atom is 0.261 e. The minimum Gasteiger partial charge on any atom is -0.496 e. The highest BCUT2D eigenvalue weighted by atomic mass is 32.2. The molecule has 0 aliphatic carbocycles. The molecule has 1 aliphatic rings. The molecule has 10 heteroatoms. The monoisotopic (exact) mass is 410 g/mol. The van der Waals surface area contributed by atoms with Gasteiger partial charge in [-0.25, -0.2) is 8.42 Å². The molecule has 1 aromatic heterocycles. The van der Waals surface area contributed by atoms with Crippen molar-refractivity contribution in [2.75, 3.05) is 25.5 Å². The van der Waals surface area contributed by atoms with Gasteiger partial charge >= 0.3 is 0 Å². The Balaban J connectivity index is 1.91. The molecule has 1 N–H and O–H groups in total. The number of rotatable bonds is 5. The minimum atomic E-state index is -3.66. The van der Waals surface area contributed by atoms with E-state index in [0.717, 1.165) is 30.7 Å². The summed E-state index contributed by atoms with van der Waals surface area (Å²) in [5, 5.41) is 11.4. The maximum absolute atomic E-state index is 13.0. The summed E-state index contributed by atoms with van der Waals surface area (Å²) in [4.78, 5) is 12.7. The van der Waals surface area contributed by atoms with E-state index in [-0.39, 0.29) is 10.5 Å². The fraction of sp³-hybridized carbons (Fsp3) is 0.471. The number of ether oxygens (including phenoxy) is 1. The number of anilines is 1. The Hall–Kier alpha value is -2.04. The van der Waals surface area contributed by atoms with Crippen LogP contribution in [0.25, 0.3) is 0 Å². The van der Waals surface area contributed by atoms with Gasteiger partial charge in [0, 0.05) is 13.1 Å². The molecule has 0 spiro atoms. The maximum atomic E-state index is 13.0. The number of aromatic nitrogens is 2. The zero-order valence-corrected chi connectivity index (χ0v) is 16.9. The van der Waals surface area contributed by atoms with Gasteiger partial charge in [-0.3, -0.25) is 10.1 Å². The first kappa shape index (κ1) is 19.7. The van der Waals surface area contributed by atoms with Gasteiger partial charge in [-0.1, -0.05) is 24.2 Å². The van der Waals surface area contributed by atoms with Crippen LogP contribution in [0.2, 0.25) is 0 Å². The van der Waals surface area contributed by atoms with E-state index in [2.05, 4.69) is 15.5 Å². The van der Waals surface area contributed by atoms with Crippen molar-refractivity contribution in [3.8, 4) is 5.75 Å². The summed E-state index contributed by atoms with van der Waals surface area (Å²) < 4.78 is 32.8. The van der Waals surface area contributed by atoms with E-state index < -0.39 is 15.9 Å². The highest BCUT2D eigenvalue weighted by Crippen LogP contribution is 2.27. The Bertz CT molecular complexity index is 919. The highest BCUT2D eigenvalue weighted by Gasteiger charge is 2.27. The number of sulfonamides is 1. The molecule has 0 radical (unpaired) electrons. The minimum absolute atomic E-state index is 0.0868. The Kier molecular flexibility index (Phi) is 6.08. The van der Waals surface area contributed by atoms with Gasteiger partial charge in [0.15, 0.2) is 0 Å². The van der Waals surface area contributed by atoms with Crippen molar-refractivity contribution in [1.82, 2.24) is 14.5 Å². The molecule has 1 aromatic carbocycles. The Morgan fingerprint density at radius 2 is 1.89 bits per heavy atom. The molecule has 0 saturated carbocycles. The van der Waals surface area contributed by atoms with Crippen molar-refractivity contribution in [2.45, 2.75) is 37.5 Å². The molecule has 0 atom stereocenters. The second-order valence-electron chi connectivity index (χ2n) is 6.26. The Morgan fingerprint density at radius 3 is 2.48 bits per heavy atom. The molecule has 1 amide bonds. The zero-order chi connectivity index (χ0) is 19.4. The largest absolute Gasteiger partial charge is 0.496 e. The van der Waals surface area contributed by atoms with E-state index >= 15 is 0 Å².